The van der Waals surface area contributed by atoms with E-state index >= 15 is 0 Å². The number of aryl methyl sites for hydroxylation is 2. The van der Waals surface area contributed by atoms with Crippen molar-refractivity contribution in [2.45, 2.75) is 52.0 Å². The van der Waals surface area contributed by atoms with Crippen LogP contribution in [0.1, 0.15) is 50.7 Å². The minimum Gasteiger partial charge on any atom is -0.294 e. The maximum atomic E-state index is 11.9. The van der Waals surface area contributed by atoms with Crippen LogP contribution in [-0.2, 0) is 12.8 Å². The Hall–Kier alpha value is -1.12. The number of fused-ring (bicyclic) bond motifs is 1. The van der Waals surface area contributed by atoms with Gasteiger partial charge in [0.2, 0.25) is 0 Å². The Kier molecular flexibility index (Phi) is 2.89. The number of rotatable bonds is 2. The van der Waals surface area contributed by atoms with Crippen LogP contribution in [0.3, 0.4) is 0 Å². The van der Waals surface area contributed by atoms with Crippen LogP contribution in [0.4, 0.5) is 0 Å². The summed E-state index contributed by atoms with van der Waals surface area (Å²) in [6.45, 7) is 4.21. The van der Waals surface area contributed by atoms with Gasteiger partial charge in [0.05, 0.1) is 0 Å². The molecule has 0 bridgehead atoms. The highest BCUT2D eigenvalue weighted by atomic mass is 16.1. The summed E-state index contributed by atoms with van der Waals surface area (Å²) in [5.74, 6) is 0.990. The van der Waals surface area contributed by atoms with Crippen molar-refractivity contribution >= 4 is 0 Å². The lowest BCUT2D eigenvalue weighted by Crippen LogP contribution is -2.31. The van der Waals surface area contributed by atoms with Gasteiger partial charge in [-0.3, -0.25) is 9.36 Å². The molecule has 3 nitrogen and oxygen atoms in total. The molecule has 0 fully saturated rings. The van der Waals surface area contributed by atoms with E-state index in [4.69, 9.17) is 0 Å². The third-order valence-electron chi connectivity index (χ3n) is 3.05. The molecule has 0 amide bonds. The predicted molar refractivity (Wildman–Crippen MR) is 60.1 cm³/mol. The Balaban J connectivity index is 2.46. The first-order valence-corrected chi connectivity index (χ1v) is 5.83. The number of hydrogen-bond acceptors (Lipinski definition) is 2. The summed E-state index contributed by atoms with van der Waals surface area (Å²) >= 11 is 0. The highest BCUT2D eigenvalue weighted by molar-refractivity contribution is 5.07. The first-order valence-electron chi connectivity index (χ1n) is 5.83. The average Bonchev–Trinajstić information content (AvgIpc) is 2.17. The molecular formula is C12H18N2O. The molecule has 0 aliphatic carbocycles. The van der Waals surface area contributed by atoms with Crippen molar-refractivity contribution in [2.24, 2.45) is 0 Å². The molecule has 0 N–H and O–H groups in total. The lowest BCUT2D eigenvalue weighted by Gasteiger charge is -2.24. The van der Waals surface area contributed by atoms with Crippen LogP contribution in [0.2, 0.25) is 0 Å². The molecule has 0 spiro atoms. The summed E-state index contributed by atoms with van der Waals surface area (Å²) in [4.78, 5) is 16.5. The summed E-state index contributed by atoms with van der Waals surface area (Å²) in [5.41, 5.74) is 1.10. The second-order valence-corrected chi connectivity index (χ2v) is 4.36. The van der Waals surface area contributed by atoms with Crippen molar-refractivity contribution < 1.29 is 0 Å². The highest BCUT2D eigenvalue weighted by Crippen LogP contribution is 2.20. The van der Waals surface area contributed by atoms with Crippen LogP contribution in [0.5, 0.6) is 0 Å². The second kappa shape index (κ2) is 4.17. The predicted octanol–water partition coefficient (Wildman–Crippen LogP) is 2.09. The fourth-order valence-electron chi connectivity index (χ4n) is 2.31. The van der Waals surface area contributed by atoms with Gasteiger partial charge in [-0.2, -0.15) is 0 Å². The van der Waals surface area contributed by atoms with E-state index in [-0.39, 0.29) is 5.56 Å². The van der Waals surface area contributed by atoms with Crippen LogP contribution in [0.25, 0.3) is 0 Å². The molecule has 0 saturated heterocycles. The van der Waals surface area contributed by atoms with E-state index in [1.807, 2.05) is 4.57 Å². The van der Waals surface area contributed by atoms with E-state index in [1.165, 1.54) is 0 Å². The van der Waals surface area contributed by atoms with Crippen molar-refractivity contribution in [3.8, 4) is 0 Å². The first-order chi connectivity index (χ1) is 7.22. The number of aromatic nitrogens is 2. The van der Waals surface area contributed by atoms with Gasteiger partial charge in [-0.05, 0) is 26.2 Å². The van der Waals surface area contributed by atoms with Gasteiger partial charge < -0.3 is 0 Å². The van der Waals surface area contributed by atoms with E-state index in [1.54, 1.807) is 6.07 Å². The highest BCUT2D eigenvalue weighted by Gasteiger charge is 2.18. The minimum absolute atomic E-state index is 0.135. The van der Waals surface area contributed by atoms with Crippen molar-refractivity contribution in [3.63, 3.8) is 0 Å². The summed E-state index contributed by atoms with van der Waals surface area (Å²) in [6, 6.07) is 2.03. The van der Waals surface area contributed by atoms with E-state index in [2.05, 4.69) is 18.8 Å². The SMILES string of the molecule is CCCc1cc(=O)n2c(n1)CCCC2C. The van der Waals surface area contributed by atoms with Crippen LogP contribution >= 0.6 is 0 Å². The zero-order valence-electron chi connectivity index (χ0n) is 9.49. The summed E-state index contributed by atoms with van der Waals surface area (Å²) in [5, 5.41) is 0. The van der Waals surface area contributed by atoms with Gasteiger partial charge in [-0.25, -0.2) is 4.98 Å². The molecule has 2 rings (SSSR count). The summed E-state index contributed by atoms with van der Waals surface area (Å²) < 4.78 is 1.86. The van der Waals surface area contributed by atoms with Crippen LogP contribution in [-0.4, -0.2) is 9.55 Å². The Labute approximate surface area is 90.2 Å². The Morgan fingerprint density at radius 3 is 3.13 bits per heavy atom. The van der Waals surface area contributed by atoms with Crippen LogP contribution in [0.15, 0.2) is 10.9 Å². The third-order valence-corrected chi connectivity index (χ3v) is 3.05. The Bertz CT molecular complexity index is 409. The smallest absolute Gasteiger partial charge is 0.253 e. The second-order valence-electron chi connectivity index (χ2n) is 4.36. The molecule has 3 heteroatoms. The van der Waals surface area contributed by atoms with Gasteiger partial charge in [0.15, 0.2) is 0 Å². The van der Waals surface area contributed by atoms with Gasteiger partial charge in [-0.1, -0.05) is 13.3 Å². The van der Waals surface area contributed by atoms with Crippen molar-refractivity contribution in [1.82, 2.24) is 9.55 Å². The van der Waals surface area contributed by atoms with Crippen molar-refractivity contribution in [2.75, 3.05) is 0 Å². The molecule has 1 aliphatic rings. The maximum absolute atomic E-state index is 11.9. The first kappa shape index (κ1) is 10.4. The molecule has 15 heavy (non-hydrogen) atoms. The fraction of sp³-hybridized carbons (Fsp3) is 0.667. The molecule has 1 aromatic heterocycles. The zero-order chi connectivity index (χ0) is 10.8. The molecule has 0 aromatic carbocycles. The lowest BCUT2D eigenvalue weighted by atomic mass is 10.1. The van der Waals surface area contributed by atoms with E-state index in [9.17, 15) is 4.79 Å². The van der Waals surface area contributed by atoms with Gasteiger partial charge in [0.1, 0.15) is 5.82 Å². The lowest BCUT2D eigenvalue weighted by molar-refractivity contribution is 0.403. The Morgan fingerprint density at radius 1 is 1.60 bits per heavy atom. The van der Waals surface area contributed by atoms with Crippen LogP contribution < -0.4 is 5.56 Å². The van der Waals surface area contributed by atoms with Crippen molar-refractivity contribution in [3.05, 3.63) is 27.9 Å². The Morgan fingerprint density at radius 2 is 2.40 bits per heavy atom. The fourth-order valence-corrected chi connectivity index (χ4v) is 2.31. The van der Waals surface area contributed by atoms with E-state index < -0.39 is 0 Å². The zero-order valence-corrected chi connectivity index (χ0v) is 9.49. The topological polar surface area (TPSA) is 34.9 Å². The van der Waals surface area contributed by atoms with Gasteiger partial charge in [0, 0.05) is 24.2 Å². The molecule has 0 saturated carbocycles. The molecule has 1 atom stereocenters. The van der Waals surface area contributed by atoms with Crippen LogP contribution in [0, 0.1) is 0 Å². The number of nitrogens with zero attached hydrogens (tertiary/aromatic N) is 2. The van der Waals surface area contributed by atoms with Crippen molar-refractivity contribution in [1.29, 1.82) is 0 Å². The molecule has 1 aliphatic heterocycles. The summed E-state index contributed by atoms with van der Waals surface area (Å²) in [6.07, 6.45) is 5.17. The molecular weight excluding hydrogens is 188 g/mol. The molecule has 82 valence electrons. The minimum atomic E-state index is 0.135. The van der Waals surface area contributed by atoms with E-state index in [0.717, 1.165) is 43.6 Å². The third kappa shape index (κ3) is 1.96. The average molecular weight is 206 g/mol. The molecule has 1 aromatic rings. The van der Waals surface area contributed by atoms with E-state index in [0.29, 0.717) is 6.04 Å². The monoisotopic (exact) mass is 206 g/mol. The molecule has 0 radical (unpaired) electrons. The van der Waals surface area contributed by atoms with Gasteiger partial charge >= 0.3 is 0 Å². The largest absolute Gasteiger partial charge is 0.294 e. The van der Waals surface area contributed by atoms with Gasteiger partial charge in [-0.15, -0.1) is 0 Å². The summed E-state index contributed by atoms with van der Waals surface area (Å²) in [7, 11) is 0. The molecule has 1 unspecified atom stereocenters. The normalized spacial score (nSPS) is 20.0. The maximum Gasteiger partial charge on any atom is 0.253 e. The number of hydrogen-bond donors (Lipinski definition) is 0. The quantitative estimate of drug-likeness (QED) is 0.742. The standard InChI is InChI=1S/C12H18N2O/c1-3-5-10-8-12(15)14-9(2)6-4-7-11(14)13-10/h8-9H,3-7H2,1-2H3. The van der Waals surface area contributed by atoms with Gasteiger partial charge in [0.25, 0.3) is 5.56 Å². The molecule has 2 heterocycles.